The predicted molar refractivity (Wildman–Crippen MR) is 118 cm³/mol. The first kappa shape index (κ1) is 18.0. The van der Waals surface area contributed by atoms with Gasteiger partial charge in [-0.2, -0.15) is 30.8 Å². The molecular formula is C24H20N6. The van der Waals surface area contributed by atoms with Crippen LogP contribution < -0.4 is 0 Å². The Morgan fingerprint density at radius 2 is 0.800 bits per heavy atom. The summed E-state index contributed by atoms with van der Waals surface area (Å²) in [5.74, 6) is 0. The van der Waals surface area contributed by atoms with E-state index in [0.29, 0.717) is 0 Å². The second kappa shape index (κ2) is 7.40. The average Bonchev–Trinajstić information content (AvgIpc) is 3.44. The Balaban J connectivity index is 1.58. The number of nitrogens with zero attached hydrogens (tertiary/aromatic N) is 4. The smallest absolute Gasteiger partial charge is 0.120 e. The van der Waals surface area contributed by atoms with Crippen LogP contribution in [0.2, 0.25) is 0 Å². The molecule has 0 unspecified atom stereocenters. The lowest BCUT2D eigenvalue weighted by Gasteiger charge is -2.06. The molecule has 5 aromatic rings. The van der Waals surface area contributed by atoms with Gasteiger partial charge in [-0.1, -0.05) is 65.7 Å². The van der Waals surface area contributed by atoms with Gasteiger partial charge in [0, 0.05) is 22.3 Å². The van der Waals surface area contributed by atoms with Gasteiger partial charge < -0.3 is 0 Å². The van der Waals surface area contributed by atoms with E-state index in [9.17, 15) is 0 Å². The van der Waals surface area contributed by atoms with Gasteiger partial charge in [0.2, 0.25) is 0 Å². The fourth-order valence-electron chi connectivity index (χ4n) is 3.67. The van der Waals surface area contributed by atoms with Gasteiger partial charge in [0.1, 0.15) is 22.8 Å². The minimum absolute atomic E-state index is 0.808. The molecule has 30 heavy (non-hydrogen) atoms. The number of nitrogens with one attached hydrogen (secondary N) is 2. The van der Waals surface area contributed by atoms with Crippen molar-refractivity contribution in [2.45, 2.75) is 13.8 Å². The van der Waals surface area contributed by atoms with Crippen molar-refractivity contribution in [3.63, 3.8) is 0 Å². The van der Waals surface area contributed by atoms with Crippen LogP contribution in [0, 0.1) is 13.8 Å². The highest BCUT2D eigenvalue weighted by Crippen LogP contribution is 2.33. The van der Waals surface area contributed by atoms with Gasteiger partial charge in [-0.15, -0.1) is 0 Å². The number of benzene rings is 3. The monoisotopic (exact) mass is 392 g/mol. The third kappa shape index (κ3) is 3.28. The Kier molecular flexibility index (Phi) is 4.44. The summed E-state index contributed by atoms with van der Waals surface area (Å²) in [6.45, 7) is 4.14. The normalized spacial score (nSPS) is 11.0. The van der Waals surface area contributed by atoms with Crippen molar-refractivity contribution in [2.24, 2.45) is 0 Å². The molecule has 2 N–H and O–H groups in total. The Morgan fingerprint density at radius 1 is 0.467 bits per heavy atom. The zero-order valence-electron chi connectivity index (χ0n) is 16.7. The lowest BCUT2D eigenvalue weighted by Crippen LogP contribution is -1.88. The van der Waals surface area contributed by atoms with Crippen LogP contribution >= 0.6 is 0 Å². The lowest BCUT2D eigenvalue weighted by atomic mass is 9.99. The van der Waals surface area contributed by atoms with Gasteiger partial charge in [0.05, 0.1) is 0 Å². The summed E-state index contributed by atoms with van der Waals surface area (Å²) >= 11 is 0. The summed E-state index contributed by atoms with van der Waals surface area (Å²) in [5.41, 5.74) is 9.64. The summed E-state index contributed by atoms with van der Waals surface area (Å²) < 4.78 is 0. The minimum Gasteiger partial charge on any atom is -0.197 e. The Morgan fingerprint density at radius 3 is 1.17 bits per heavy atom. The van der Waals surface area contributed by atoms with Crippen LogP contribution in [-0.4, -0.2) is 30.8 Å². The Labute approximate surface area is 174 Å². The fraction of sp³-hybridized carbons (Fsp3) is 0.0833. The molecule has 0 saturated carbocycles. The SMILES string of the molecule is Cc1cccc(-c2n[nH]nc2-c2cccc(-c3n[nH]nc3-c3cccc(C)c3)c2)c1. The van der Waals surface area contributed by atoms with E-state index in [1.807, 2.05) is 42.5 Å². The number of aryl methyl sites for hydroxylation is 2. The van der Waals surface area contributed by atoms with Crippen molar-refractivity contribution in [1.82, 2.24) is 30.8 Å². The molecule has 5 rings (SSSR count). The van der Waals surface area contributed by atoms with E-state index in [1.54, 1.807) is 0 Å². The second-order valence-corrected chi connectivity index (χ2v) is 7.36. The van der Waals surface area contributed by atoms with Gasteiger partial charge in [-0.05, 0) is 32.0 Å². The quantitative estimate of drug-likeness (QED) is 0.440. The van der Waals surface area contributed by atoms with Crippen molar-refractivity contribution in [1.29, 1.82) is 0 Å². The van der Waals surface area contributed by atoms with E-state index >= 15 is 0 Å². The lowest BCUT2D eigenvalue weighted by molar-refractivity contribution is 0.943. The number of hydrogen-bond donors (Lipinski definition) is 2. The first-order valence-corrected chi connectivity index (χ1v) is 9.75. The van der Waals surface area contributed by atoms with E-state index in [0.717, 1.165) is 45.0 Å². The summed E-state index contributed by atoms with van der Waals surface area (Å²) in [6, 6.07) is 24.7. The molecule has 0 aliphatic rings. The summed E-state index contributed by atoms with van der Waals surface area (Å²) in [6.07, 6.45) is 0. The minimum atomic E-state index is 0.808. The van der Waals surface area contributed by atoms with E-state index in [1.165, 1.54) is 11.1 Å². The molecule has 0 bridgehead atoms. The molecule has 0 spiro atoms. The molecule has 0 atom stereocenters. The number of rotatable bonds is 4. The molecule has 2 aromatic heterocycles. The maximum absolute atomic E-state index is 4.43. The molecule has 6 heteroatoms. The summed E-state index contributed by atoms with van der Waals surface area (Å²) in [5, 5.41) is 23.2. The molecule has 0 aliphatic heterocycles. The molecule has 0 aliphatic carbocycles. The van der Waals surface area contributed by atoms with Crippen LogP contribution in [0.4, 0.5) is 0 Å². The molecule has 0 radical (unpaired) electrons. The summed E-state index contributed by atoms with van der Waals surface area (Å²) in [7, 11) is 0. The highest BCUT2D eigenvalue weighted by Gasteiger charge is 2.16. The second-order valence-electron chi connectivity index (χ2n) is 7.36. The topological polar surface area (TPSA) is 83.1 Å². The maximum atomic E-state index is 4.43. The van der Waals surface area contributed by atoms with E-state index < -0.39 is 0 Å². The Bertz CT molecular complexity index is 1230. The number of hydrogen-bond acceptors (Lipinski definition) is 4. The van der Waals surface area contributed by atoms with Crippen LogP contribution in [0.1, 0.15) is 11.1 Å². The van der Waals surface area contributed by atoms with Crippen LogP contribution in [0.15, 0.2) is 72.8 Å². The molecule has 6 nitrogen and oxygen atoms in total. The van der Waals surface area contributed by atoms with E-state index in [2.05, 4.69) is 75.0 Å². The number of H-pyrrole nitrogens is 2. The van der Waals surface area contributed by atoms with Gasteiger partial charge in [-0.25, -0.2) is 0 Å². The number of aromatic nitrogens is 6. The molecule has 0 amide bonds. The average molecular weight is 392 g/mol. The van der Waals surface area contributed by atoms with Crippen molar-refractivity contribution >= 4 is 0 Å². The largest absolute Gasteiger partial charge is 0.197 e. The molecule has 3 aromatic carbocycles. The molecule has 0 saturated heterocycles. The zero-order valence-corrected chi connectivity index (χ0v) is 16.7. The maximum Gasteiger partial charge on any atom is 0.120 e. The van der Waals surface area contributed by atoms with Gasteiger partial charge in [0.25, 0.3) is 0 Å². The van der Waals surface area contributed by atoms with Gasteiger partial charge in [0.15, 0.2) is 0 Å². The third-order valence-corrected chi connectivity index (χ3v) is 5.09. The van der Waals surface area contributed by atoms with Crippen LogP contribution in [-0.2, 0) is 0 Å². The first-order chi connectivity index (χ1) is 14.7. The number of aromatic amines is 2. The van der Waals surface area contributed by atoms with Crippen molar-refractivity contribution in [3.8, 4) is 45.0 Å². The van der Waals surface area contributed by atoms with Crippen molar-refractivity contribution < 1.29 is 0 Å². The van der Waals surface area contributed by atoms with E-state index in [-0.39, 0.29) is 0 Å². The Hall–Kier alpha value is -4.06. The van der Waals surface area contributed by atoms with Gasteiger partial charge in [-0.3, -0.25) is 0 Å². The summed E-state index contributed by atoms with van der Waals surface area (Å²) in [4.78, 5) is 0. The fourth-order valence-corrected chi connectivity index (χ4v) is 3.67. The third-order valence-electron chi connectivity index (χ3n) is 5.09. The highest BCUT2D eigenvalue weighted by molar-refractivity contribution is 5.83. The van der Waals surface area contributed by atoms with E-state index in [4.69, 9.17) is 0 Å². The molecular weight excluding hydrogens is 372 g/mol. The standard InChI is InChI=1S/C24H20N6/c1-15-6-3-8-17(12-15)21-23(27-29-25-21)19-10-5-11-20(14-19)24-22(26-30-28-24)18-9-4-7-16(2)13-18/h3-14H,1-2H3,(H,25,27,29)(H,26,28,30). The zero-order chi connectivity index (χ0) is 20.5. The van der Waals surface area contributed by atoms with Crippen molar-refractivity contribution in [3.05, 3.63) is 83.9 Å². The predicted octanol–water partition coefficient (Wildman–Crippen LogP) is 5.21. The van der Waals surface area contributed by atoms with Crippen molar-refractivity contribution in [2.75, 3.05) is 0 Å². The van der Waals surface area contributed by atoms with Crippen LogP contribution in [0.5, 0.6) is 0 Å². The van der Waals surface area contributed by atoms with Gasteiger partial charge >= 0.3 is 0 Å². The molecule has 146 valence electrons. The molecule has 2 heterocycles. The first-order valence-electron chi connectivity index (χ1n) is 9.75. The van der Waals surface area contributed by atoms with Crippen LogP contribution in [0.25, 0.3) is 45.0 Å². The molecule has 0 fully saturated rings. The highest BCUT2D eigenvalue weighted by atomic mass is 15.3. The van der Waals surface area contributed by atoms with Crippen LogP contribution in [0.3, 0.4) is 0 Å².